The summed E-state index contributed by atoms with van der Waals surface area (Å²) in [7, 11) is 1.25. The van der Waals surface area contributed by atoms with Gasteiger partial charge in [-0.05, 0) is 25.5 Å². The largest absolute Gasteiger partial charge is 0.504 e. The lowest BCUT2D eigenvalue weighted by molar-refractivity contribution is -0.385. The zero-order valence-electron chi connectivity index (χ0n) is 17.0. The van der Waals surface area contributed by atoms with Crippen LogP contribution in [-0.2, 0) is 9.53 Å². The van der Waals surface area contributed by atoms with Gasteiger partial charge in [0, 0.05) is 0 Å². The number of methoxy groups -OCH3 is 1. The molecule has 1 unspecified atom stereocenters. The molecule has 31 heavy (non-hydrogen) atoms. The van der Waals surface area contributed by atoms with E-state index in [9.17, 15) is 24.8 Å². The third-order valence-corrected chi connectivity index (χ3v) is 4.53. The molecule has 10 nitrogen and oxygen atoms in total. The van der Waals surface area contributed by atoms with Crippen LogP contribution in [0, 0.1) is 10.1 Å². The highest BCUT2D eigenvalue weighted by molar-refractivity contribution is 6.05. The molecule has 1 atom stereocenters. The number of carbonyl (C=O) groups is 2. The fraction of sp³-hybridized carbons (Fsp3) is 0.238. The van der Waals surface area contributed by atoms with Gasteiger partial charge in [0.15, 0.2) is 11.5 Å². The van der Waals surface area contributed by atoms with Gasteiger partial charge in [0.1, 0.15) is 0 Å². The fourth-order valence-corrected chi connectivity index (χ4v) is 3.25. The highest BCUT2D eigenvalue weighted by Crippen LogP contribution is 2.41. The molecule has 2 amide bonds. The third kappa shape index (κ3) is 4.42. The van der Waals surface area contributed by atoms with Gasteiger partial charge in [0.2, 0.25) is 0 Å². The van der Waals surface area contributed by atoms with Crippen molar-refractivity contribution in [2.24, 2.45) is 0 Å². The van der Waals surface area contributed by atoms with Crippen LogP contribution < -0.4 is 15.4 Å². The van der Waals surface area contributed by atoms with Crippen molar-refractivity contribution in [3.05, 3.63) is 69.3 Å². The maximum Gasteiger partial charge on any atom is 0.338 e. The zero-order chi connectivity index (χ0) is 22.7. The summed E-state index contributed by atoms with van der Waals surface area (Å²) in [6.45, 7) is 3.32. The minimum absolute atomic E-state index is 0.0350. The summed E-state index contributed by atoms with van der Waals surface area (Å²) >= 11 is 0. The number of phenolic OH excluding ortho intramolecular Hbond substituents is 1. The third-order valence-electron chi connectivity index (χ3n) is 4.53. The number of nitrogens with zero attached hydrogens (tertiary/aromatic N) is 1. The molecule has 0 aliphatic carbocycles. The molecule has 0 spiro atoms. The minimum Gasteiger partial charge on any atom is -0.504 e. The number of aromatic hydroxyl groups is 1. The van der Waals surface area contributed by atoms with Crippen molar-refractivity contribution >= 4 is 23.4 Å². The van der Waals surface area contributed by atoms with Crippen molar-refractivity contribution in [3.63, 3.8) is 0 Å². The van der Waals surface area contributed by atoms with Crippen LogP contribution in [0.2, 0.25) is 0 Å². The van der Waals surface area contributed by atoms with Gasteiger partial charge in [-0.1, -0.05) is 30.3 Å². The van der Waals surface area contributed by atoms with Gasteiger partial charge in [0.05, 0.1) is 47.1 Å². The average Bonchev–Trinajstić information content (AvgIpc) is 2.72. The molecule has 2 aromatic rings. The van der Waals surface area contributed by atoms with Crippen molar-refractivity contribution < 1.29 is 29.1 Å². The number of hydrogen-bond donors (Lipinski definition) is 3. The average molecular weight is 427 g/mol. The molecular weight excluding hydrogens is 406 g/mol. The number of esters is 1. The molecule has 1 heterocycles. The maximum absolute atomic E-state index is 13.0. The highest BCUT2D eigenvalue weighted by Gasteiger charge is 2.38. The Hall–Kier alpha value is -4.08. The molecule has 3 rings (SSSR count). The molecule has 3 N–H and O–H groups in total. The van der Waals surface area contributed by atoms with Crippen LogP contribution in [-0.4, -0.2) is 35.2 Å². The summed E-state index contributed by atoms with van der Waals surface area (Å²) in [5.41, 5.74) is 0.0987. The summed E-state index contributed by atoms with van der Waals surface area (Å²) in [5, 5.41) is 27.1. The maximum atomic E-state index is 13.0. The lowest BCUT2D eigenvalue weighted by atomic mass is 9.91. The summed E-state index contributed by atoms with van der Waals surface area (Å²) in [6, 6.07) is 8.77. The first-order chi connectivity index (χ1) is 14.7. The number of ether oxygens (including phenoxy) is 2. The van der Waals surface area contributed by atoms with Crippen molar-refractivity contribution in [1.29, 1.82) is 0 Å². The summed E-state index contributed by atoms with van der Waals surface area (Å²) < 4.78 is 10.3. The molecule has 2 aromatic carbocycles. The second-order valence-corrected chi connectivity index (χ2v) is 6.98. The van der Waals surface area contributed by atoms with Gasteiger partial charge < -0.3 is 25.2 Å². The Bertz CT molecular complexity index is 1060. The van der Waals surface area contributed by atoms with Crippen molar-refractivity contribution in [3.8, 4) is 11.5 Å². The number of rotatable bonds is 6. The molecule has 0 saturated carbocycles. The molecule has 0 fully saturated rings. The first kappa shape index (κ1) is 21.6. The Kier molecular flexibility index (Phi) is 6.10. The Labute approximate surface area is 177 Å². The van der Waals surface area contributed by atoms with E-state index in [-0.39, 0.29) is 28.3 Å². The van der Waals surface area contributed by atoms with Crippen LogP contribution >= 0.6 is 0 Å². The first-order valence-corrected chi connectivity index (χ1v) is 9.36. The molecule has 0 radical (unpaired) electrons. The number of nitro benzene ring substituents is 1. The van der Waals surface area contributed by atoms with Crippen molar-refractivity contribution in [2.75, 3.05) is 7.11 Å². The van der Waals surface area contributed by atoms with E-state index in [1.807, 2.05) is 0 Å². The standard InChI is InChI=1S/C21H21N3O7/c1-11(2)31-20(26)17-18(12-7-5-4-6-8-12)22-21(27)23-19(17)13-9-15(25)16(30-3)10-14(13)24(28)29/h4-11,19,25H,1-3H3,(H2,22,23,27). The van der Waals surface area contributed by atoms with Crippen LogP contribution in [0.25, 0.3) is 5.70 Å². The van der Waals surface area contributed by atoms with Gasteiger partial charge in [-0.25, -0.2) is 9.59 Å². The monoisotopic (exact) mass is 427 g/mol. The molecular formula is C21H21N3O7. The number of carbonyl (C=O) groups excluding carboxylic acids is 2. The summed E-state index contributed by atoms with van der Waals surface area (Å²) in [4.78, 5) is 36.5. The minimum atomic E-state index is -1.26. The van der Waals surface area contributed by atoms with E-state index in [4.69, 9.17) is 9.47 Å². The van der Waals surface area contributed by atoms with E-state index < -0.39 is 34.8 Å². The fourth-order valence-electron chi connectivity index (χ4n) is 3.25. The number of phenols is 1. The number of nitrogens with one attached hydrogen (secondary N) is 2. The van der Waals surface area contributed by atoms with Gasteiger partial charge in [-0.2, -0.15) is 0 Å². The van der Waals surface area contributed by atoms with E-state index in [0.29, 0.717) is 5.56 Å². The molecule has 1 aliphatic rings. The van der Waals surface area contributed by atoms with E-state index in [1.54, 1.807) is 44.2 Å². The number of urea groups is 1. The number of benzene rings is 2. The molecule has 162 valence electrons. The molecule has 0 saturated heterocycles. The number of nitro groups is 1. The molecule has 1 aliphatic heterocycles. The lowest BCUT2D eigenvalue weighted by Crippen LogP contribution is -2.45. The zero-order valence-corrected chi connectivity index (χ0v) is 17.0. The Morgan fingerprint density at radius 2 is 1.90 bits per heavy atom. The Balaban J connectivity index is 2.29. The van der Waals surface area contributed by atoms with Crippen LogP contribution in [0.5, 0.6) is 11.5 Å². The van der Waals surface area contributed by atoms with E-state index in [1.165, 1.54) is 7.11 Å². The van der Waals surface area contributed by atoms with Crippen molar-refractivity contribution in [1.82, 2.24) is 10.6 Å². The topological polar surface area (TPSA) is 140 Å². The van der Waals surface area contributed by atoms with Crippen LogP contribution in [0.15, 0.2) is 48.0 Å². The Morgan fingerprint density at radius 1 is 1.23 bits per heavy atom. The molecule has 0 aromatic heterocycles. The van der Waals surface area contributed by atoms with E-state index in [0.717, 1.165) is 12.1 Å². The second kappa shape index (κ2) is 8.74. The number of hydrogen-bond acceptors (Lipinski definition) is 7. The van der Waals surface area contributed by atoms with Gasteiger partial charge in [-0.15, -0.1) is 0 Å². The smallest absolute Gasteiger partial charge is 0.338 e. The van der Waals surface area contributed by atoms with Gasteiger partial charge >= 0.3 is 12.0 Å². The van der Waals surface area contributed by atoms with Crippen molar-refractivity contribution in [2.45, 2.75) is 26.0 Å². The normalized spacial score (nSPS) is 15.9. The SMILES string of the molecule is COc1cc([N+](=O)[O-])c(C2NC(=O)NC(c3ccccc3)=C2C(=O)OC(C)C)cc1O. The predicted octanol–water partition coefficient (Wildman–Crippen LogP) is 3.03. The summed E-state index contributed by atoms with van der Waals surface area (Å²) in [5.74, 6) is -1.26. The van der Waals surface area contributed by atoms with Gasteiger partial charge in [-0.3, -0.25) is 10.1 Å². The lowest BCUT2D eigenvalue weighted by Gasteiger charge is -2.30. The predicted molar refractivity (Wildman–Crippen MR) is 110 cm³/mol. The Morgan fingerprint density at radius 3 is 2.48 bits per heavy atom. The highest BCUT2D eigenvalue weighted by atomic mass is 16.6. The quantitative estimate of drug-likeness (QED) is 0.366. The van der Waals surface area contributed by atoms with E-state index >= 15 is 0 Å². The van der Waals surface area contributed by atoms with Crippen LogP contribution in [0.3, 0.4) is 0 Å². The second-order valence-electron chi connectivity index (χ2n) is 6.98. The first-order valence-electron chi connectivity index (χ1n) is 9.36. The molecule has 10 heteroatoms. The van der Waals surface area contributed by atoms with Gasteiger partial charge in [0.25, 0.3) is 5.69 Å². The van der Waals surface area contributed by atoms with Crippen LogP contribution in [0.1, 0.15) is 31.0 Å². The molecule has 0 bridgehead atoms. The summed E-state index contributed by atoms with van der Waals surface area (Å²) in [6.07, 6.45) is -0.477. The van der Waals surface area contributed by atoms with E-state index in [2.05, 4.69) is 10.6 Å². The number of amides is 2. The van der Waals surface area contributed by atoms with Crippen LogP contribution in [0.4, 0.5) is 10.5 Å².